The number of aromatic nitrogens is 4. The van der Waals surface area contributed by atoms with Gasteiger partial charge in [0.05, 0.1) is 23.4 Å². The average Bonchev–Trinajstić information content (AvgIpc) is 2.76. The van der Waals surface area contributed by atoms with Gasteiger partial charge in [-0.1, -0.05) is 5.21 Å². The molecular formula is C9H10N4OS. The summed E-state index contributed by atoms with van der Waals surface area (Å²) < 4.78 is 1.62. The first-order valence-corrected chi connectivity index (χ1v) is 5.35. The maximum absolute atomic E-state index is 11.0. The Kier molecular flexibility index (Phi) is 2.59. The van der Waals surface area contributed by atoms with Gasteiger partial charge in [0.1, 0.15) is 5.69 Å². The lowest BCUT2D eigenvalue weighted by Gasteiger charge is -1.94. The van der Waals surface area contributed by atoms with Gasteiger partial charge in [0.2, 0.25) is 0 Å². The van der Waals surface area contributed by atoms with Gasteiger partial charge in [-0.25, -0.2) is 9.67 Å². The van der Waals surface area contributed by atoms with E-state index in [1.54, 1.807) is 22.2 Å². The van der Waals surface area contributed by atoms with Crippen LogP contribution in [0.1, 0.15) is 28.1 Å². The first-order valence-electron chi connectivity index (χ1n) is 4.47. The van der Waals surface area contributed by atoms with Gasteiger partial charge < -0.3 is 0 Å². The Hall–Kier alpha value is -1.56. The molecule has 0 aliphatic rings. The van der Waals surface area contributed by atoms with Crippen LogP contribution in [-0.4, -0.2) is 25.8 Å². The Morgan fingerprint density at radius 1 is 1.60 bits per heavy atom. The Labute approximate surface area is 90.8 Å². The Bertz CT molecular complexity index is 488. The van der Waals surface area contributed by atoms with Crippen molar-refractivity contribution in [3.8, 4) is 0 Å². The van der Waals surface area contributed by atoms with Gasteiger partial charge >= 0.3 is 0 Å². The molecule has 2 heterocycles. The summed E-state index contributed by atoms with van der Waals surface area (Å²) in [6.07, 6.45) is 1.64. The molecule has 0 aliphatic carbocycles. The summed E-state index contributed by atoms with van der Waals surface area (Å²) in [5.74, 6) is -0.0734. The summed E-state index contributed by atoms with van der Waals surface area (Å²) in [7, 11) is 0. The molecule has 78 valence electrons. The highest BCUT2D eigenvalue weighted by Gasteiger charge is 2.06. The fraction of sp³-hybridized carbons (Fsp3) is 0.333. The van der Waals surface area contributed by atoms with Crippen LogP contribution in [0.5, 0.6) is 0 Å². The highest BCUT2D eigenvalue weighted by molar-refractivity contribution is 7.09. The van der Waals surface area contributed by atoms with Crippen LogP contribution in [0.2, 0.25) is 0 Å². The number of Topliss-reactive ketones (excluding diaryl/α,β-unsaturated/α-hetero) is 1. The zero-order valence-corrected chi connectivity index (χ0v) is 9.28. The van der Waals surface area contributed by atoms with Crippen molar-refractivity contribution in [3.63, 3.8) is 0 Å². The van der Waals surface area contributed by atoms with E-state index >= 15 is 0 Å². The van der Waals surface area contributed by atoms with Crippen molar-refractivity contribution < 1.29 is 4.79 Å². The molecule has 0 bridgehead atoms. The number of hydrogen-bond acceptors (Lipinski definition) is 5. The lowest BCUT2D eigenvalue weighted by molar-refractivity contribution is 0.101. The van der Waals surface area contributed by atoms with Gasteiger partial charge in [0.15, 0.2) is 5.78 Å². The van der Waals surface area contributed by atoms with Crippen LogP contribution < -0.4 is 0 Å². The van der Waals surface area contributed by atoms with Crippen LogP contribution in [0.15, 0.2) is 11.6 Å². The minimum absolute atomic E-state index is 0.0734. The molecule has 0 N–H and O–H groups in total. The standard InChI is InChI=1S/C9H10N4OS/c1-6(14)9-4-13(12-11-9)3-8-5-15-7(2)10-8/h4-5H,3H2,1-2H3. The van der Waals surface area contributed by atoms with E-state index in [4.69, 9.17) is 0 Å². The van der Waals surface area contributed by atoms with Gasteiger partial charge in [-0.3, -0.25) is 4.79 Å². The normalized spacial score (nSPS) is 10.5. The number of thiazole rings is 1. The monoisotopic (exact) mass is 222 g/mol. The maximum Gasteiger partial charge on any atom is 0.181 e. The molecule has 0 unspecified atom stereocenters. The van der Waals surface area contributed by atoms with E-state index in [0.717, 1.165) is 10.7 Å². The molecule has 2 rings (SSSR count). The van der Waals surface area contributed by atoms with Crippen LogP contribution in [0.4, 0.5) is 0 Å². The van der Waals surface area contributed by atoms with Crippen LogP contribution >= 0.6 is 11.3 Å². The third kappa shape index (κ3) is 2.27. The van der Waals surface area contributed by atoms with E-state index in [1.807, 2.05) is 12.3 Å². The fourth-order valence-electron chi connectivity index (χ4n) is 1.18. The predicted molar refractivity (Wildman–Crippen MR) is 56.0 cm³/mol. The van der Waals surface area contributed by atoms with Gasteiger partial charge in [0, 0.05) is 12.3 Å². The van der Waals surface area contributed by atoms with E-state index in [9.17, 15) is 4.79 Å². The van der Waals surface area contributed by atoms with E-state index in [1.165, 1.54) is 6.92 Å². The largest absolute Gasteiger partial charge is 0.293 e. The van der Waals surface area contributed by atoms with Gasteiger partial charge in [0.25, 0.3) is 0 Å². The van der Waals surface area contributed by atoms with Crippen molar-refractivity contribution in [1.29, 1.82) is 0 Å². The second-order valence-corrected chi connectivity index (χ2v) is 4.28. The van der Waals surface area contributed by atoms with Crippen LogP contribution in [0.3, 0.4) is 0 Å². The second kappa shape index (κ2) is 3.90. The average molecular weight is 222 g/mol. The van der Waals surface area contributed by atoms with Crippen molar-refractivity contribution in [2.24, 2.45) is 0 Å². The number of ketones is 1. The summed E-state index contributed by atoms with van der Waals surface area (Å²) in [6.45, 7) is 3.99. The second-order valence-electron chi connectivity index (χ2n) is 3.22. The highest BCUT2D eigenvalue weighted by Crippen LogP contribution is 2.09. The molecule has 0 amide bonds. The van der Waals surface area contributed by atoms with Crippen molar-refractivity contribution >= 4 is 17.1 Å². The number of hydrogen-bond donors (Lipinski definition) is 0. The smallest absolute Gasteiger partial charge is 0.181 e. The Morgan fingerprint density at radius 3 is 2.93 bits per heavy atom. The van der Waals surface area contributed by atoms with Crippen LogP contribution in [0.25, 0.3) is 0 Å². The van der Waals surface area contributed by atoms with E-state index in [0.29, 0.717) is 12.2 Å². The molecule has 0 atom stereocenters. The number of nitrogens with zero attached hydrogens (tertiary/aromatic N) is 4. The maximum atomic E-state index is 11.0. The zero-order valence-electron chi connectivity index (χ0n) is 8.47. The molecule has 0 fully saturated rings. The molecule has 6 heteroatoms. The molecular weight excluding hydrogens is 212 g/mol. The number of aryl methyl sites for hydroxylation is 1. The number of rotatable bonds is 3. The molecule has 0 aromatic carbocycles. The topological polar surface area (TPSA) is 60.7 Å². The molecule has 0 saturated carbocycles. The summed E-state index contributed by atoms with van der Waals surface area (Å²) in [5, 5.41) is 10.6. The van der Waals surface area contributed by atoms with Crippen molar-refractivity contribution in [3.05, 3.63) is 28.0 Å². The highest BCUT2D eigenvalue weighted by atomic mass is 32.1. The SMILES string of the molecule is CC(=O)c1cn(Cc2csc(C)n2)nn1. The quantitative estimate of drug-likeness (QED) is 0.734. The molecule has 0 saturated heterocycles. The number of carbonyl (C=O) groups excluding carboxylic acids is 1. The van der Waals surface area contributed by atoms with E-state index in [2.05, 4.69) is 15.3 Å². The van der Waals surface area contributed by atoms with Gasteiger partial charge in [-0.2, -0.15) is 0 Å². The fourth-order valence-corrected chi connectivity index (χ4v) is 1.79. The van der Waals surface area contributed by atoms with Crippen LogP contribution in [-0.2, 0) is 6.54 Å². The molecule has 0 radical (unpaired) electrons. The first kappa shape index (κ1) is 9.97. The Balaban J connectivity index is 2.14. The Morgan fingerprint density at radius 2 is 2.40 bits per heavy atom. The van der Waals surface area contributed by atoms with Crippen molar-refractivity contribution in [2.75, 3.05) is 0 Å². The zero-order chi connectivity index (χ0) is 10.8. The lowest BCUT2D eigenvalue weighted by Crippen LogP contribution is -2.00. The van der Waals surface area contributed by atoms with Crippen molar-refractivity contribution in [1.82, 2.24) is 20.0 Å². The predicted octanol–water partition coefficient (Wildman–Crippen LogP) is 1.29. The summed E-state index contributed by atoms with van der Waals surface area (Å²) in [6, 6.07) is 0. The third-order valence-corrected chi connectivity index (χ3v) is 2.71. The number of carbonyl (C=O) groups is 1. The summed E-state index contributed by atoms with van der Waals surface area (Å²) >= 11 is 1.60. The molecule has 0 spiro atoms. The third-order valence-electron chi connectivity index (χ3n) is 1.89. The molecule has 0 aliphatic heterocycles. The van der Waals surface area contributed by atoms with Crippen molar-refractivity contribution in [2.45, 2.75) is 20.4 Å². The summed E-state index contributed by atoms with van der Waals surface area (Å²) in [4.78, 5) is 15.3. The van der Waals surface area contributed by atoms with Gasteiger partial charge in [-0.15, -0.1) is 16.4 Å². The molecule has 5 nitrogen and oxygen atoms in total. The lowest BCUT2D eigenvalue weighted by atomic mass is 10.3. The molecule has 2 aromatic rings. The van der Waals surface area contributed by atoms with Crippen LogP contribution in [0, 0.1) is 6.92 Å². The summed E-state index contributed by atoms with van der Waals surface area (Å²) in [5.41, 5.74) is 1.33. The minimum atomic E-state index is -0.0734. The minimum Gasteiger partial charge on any atom is -0.293 e. The molecule has 2 aromatic heterocycles. The van der Waals surface area contributed by atoms with E-state index in [-0.39, 0.29) is 5.78 Å². The van der Waals surface area contributed by atoms with E-state index < -0.39 is 0 Å². The molecule has 15 heavy (non-hydrogen) atoms. The van der Waals surface area contributed by atoms with Gasteiger partial charge in [-0.05, 0) is 6.92 Å². The first-order chi connectivity index (χ1) is 7.15.